The lowest BCUT2D eigenvalue weighted by molar-refractivity contribution is -0.122. The summed E-state index contributed by atoms with van der Waals surface area (Å²) in [6.45, 7) is 5.45. The van der Waals surface area contributed by atoms with Crippen LogP contribution in [-0.2, 0) is 9.53 Å². The molecule has 19 heavy (non-hydrogen) atoms. The number of thioether (sulfide) groups is 1. The maximum atomic E-state index is 11.9. The minimum absolute atomic E-state index is 0.0121. The number of aromatic nitrogens is 1. The van der Waals surface area contributed by atoms with Gasteiger partial charge >= 0.3 is 5.97 Å². The largest absolute Gasteiger partial charge is 0.459 e. The average molecular weight is 282 g/mol. The first kappa shape index (κ1) is 14.0. The Morgan fingerprint density at radius 2 is 2.16 bits per heavy atom. The third-order valence-electron chi connectivity index (χ3n) is 3.20. The van der Waals surface area contributed by atoms with Crippen molar-refractivity contribution < 1.29 is 14.3 Å². The number of nitrogens with zero attached hydrogens (tertiary/aromatic N) is 1. The molecule has 1 amide bonds. The smallest absolute Gasteiger partial charge is 0.341 e. The van der Waals surface area contributed by atoms with Crippen LogP contribution in [0.4, 0.5) is 0 Å². The molecule has 0 fully saturated rings. The second kappa shape index (κ2) is 5.28. The number of esters is 1. The first-order valence-electron chi connectivity index (χ1n) is 6.25. The van der Waals surface area contributed by atoms with E-state index in [0.29, 0.717) is 5.56 Å². The summed E-state index contributed by atoms with van der Waals surface area (Å²) in [6, 6.07) is 1.76. The molecule has 0 saturated heterocycles. The third kappa shape index (κ3) is 2.63. The van der Waals surface area contributed by atoms with E-state index in [1.807, 2.05) is 31.5 Å². The van der Waals surface area contributed by atoms with E-state index in [2.05, 4.69) is 0 Å². The number of fused-ring (bicyclic) bond motifs is 1. The lowest BCUT2D eigenvalue weighted by Crippen LogP contribution is -2.28. The Hall–Kier alpha value is -1.43. The Labute approximate surface area is 116 Å². The second-order valence-corrected chi connectivity index (χ2v) is 5.97. The predicted molar refractivity (Wildman–Crippen MR) is 73.1 cm³/mol. The van der Waals surface area contributed by atoms with Crippen molar-refractivity contribution in [3.63, 3.8) is 0 Å². The standard InChI is InChI=1S/C13H18N2O3S/c1-7(2)18-13(17)9-4-5-15-10(6-19-12(9)15)8(3)11(14)16/h4-5,7-8,10H,6H2,1-3H3,(H2,14,16). The number of ether oxygens (including phenoxy) is 1. The van der Waals surface area contributed by atoms with Gasteiger partial charge in [0.05, 0.1) is 28.7 Å². The van der Waals surface area contributed by atoms with Gasteiger partial charge in [-0.2, -0.15) is 0 Å². The van der Waals surface area contributed by atoms with Crippen LogP contribution >= 0.6 is 11.8 Å². The highest BCUT2D eigenvalue weighted by Gasteiger charge is 2.33. The molecule has 0 radical (unpaired) electrons. The molecule has 0 bridgehead atoms. The molecule has 1 aromatic heterocycles. The number of rotatable bonds is 4. The molecule has 0 spiro atoms. The molecule has 1 aliphatic heterocycles. The summed E-state index contributed by atoms with van der Waals surface area (Å²) in [7, 11) is 0. The molecule has 0 aliphatic carbocycles. The van der Waals surface area contributed by atoms with Crippen LogP contribution in [0.3, 0.4) is 0 Å². The Morgan fingerprint density at radius 3 is 2.74 bits per heavy atom. The van der Waals surface area contributed by atoms with Crippen molar-refractivity contribution in [3.05, 3.63) is 17.8 Å². The van der Waals surface area contributed by atoms with Crippen molar-refractivity contribution in [3.8, 4) is 0 Å². The summed E-state index contributed by atoms with van der Waals surface area (Å²) >= 11 is 1.56. The van der Waals surface area contributed by atoms with Crippen LogP contribution < -0.4 is 5.73 Å². The van der Waals surface area contributed by atoms with E-state index >= 15 is 0 Å². The quantitative estimate of drug-likeness (QED) is 0.855. The molecule has 2 unspecified atom stereocenters. The van der Waals surface area contributed by atoms with Crippen LogP contribution in [0.2, 0.25) is 0 Å². The number of carbonyl (C=O) groups excluding carboxylic acids is 2. The van der Waals surface area contributed by atoms with Gasteiger partial charge in [-0.3, -0.25) is 4.79 Å². The molecule has 0 aromatic carbocycles. The molecular formula is C13H18N2O3S. The van der Waals surface area contributed by atoms with Gasteiger partial charge in [-0.25, -0.2) is 4.79 Å². The minimum Gasteiger partial charge on any atom is -0.459 e. The van der Waals surface area contributed by atoms with Crippen molar-refractivity contribution >= 4 is 23.6 Å². The van der Waals surface area contributed by atoms with Gasteiger partial charge in [0.15, 0.2) is 0 Å². The fourth-order valence-corrected chi connectivity index (χ4v) is 3.53. The second-order valence-electron chi connectivity index (χ2n) is 4.97. The summed E-state index contributed by atoms with van der Waals surface area (Å²) in [5, 5.41) is 0.865. The highest BCUT2D eigenvalue weighted by molar-refractivity contribution is 7.99. The normalized spacial score (nSPS) is 19.3. The van der Waals surface area contributed by atoms with Crippen molar-refractivity contribution in [2.45, 2.75) is 37.9 Å². The van der Waals surface area contributed by atoms with Crippen LogP contribution in [0.25, 0.3) is 0 Å². The van der Waals surface area contributed by atoms with Crippen LogP contribution in [0, 0.1) is 5.92 Å². The van der Waals surface area contributed by atoms with E-state index < -0.39 is 0 Å². The number of hydrogen-bond acceptors (Lipinski definition) is 4. The lowest BCUT2D eigenvalue weighted by atomic mass is 10.0. The summed E-state index contributed by atoms with van der Waals surface area (Å²) in [5.41, 5.74) is 5.92. The molecule has 0 saturated carbocycles. The third-order valence-corrected chi connectivity index (χ3v) is 4.42. The van der Waals surface area contributed by atoms with E-state index in [0.717, 1.165) is 10.8 Å². The van der Waals surface area contributed by atoms with Crippen molar-refractivity contribution in [2.75, 3.05) is 5.75 Å². The highest BCUT2D eigenvalue weighted by atomic mass is 32.2. The van der Waals surface area contributed by atoms with Gasteiger partial charge in [0.25, 0.3) is 0 Å². The molecular weight excluding hydrogens is 264 g/mol. The van der Waals surface area contributed by atoms with Gasteiger partial charge < -0.3 is 15.0 Å². The van der Waals surface area contributed by atoms with Crippen molar-refractivity contribution in [1.82, 2.24) is 4.57 Å². The number of hydrogen-bond donors (Lipinski definition) is 1. The maximum absolute atomic E-state index is 11.9. The predicted octanol–water partition coefficient (Wildman–Crippen LogP) is 1.82. The van der Waals surface area contributed by atoms with Crippen molar-refractivity contribution in [1.29, 1.82) is 0 Å². The Morgan fingerprint density at radius 1 is 1.47 bits per heavy atom. The van der Waals surface area contributed by atoms with Crippen LogP contribution in [-0.4, -0.2) is 28.3 Å². The van der Waals surface area contributed by atoms with E-state index in [4.69, 9.17) is 10.5 Å². The lowest BCUT2D eigenvalue weighted by Gasteiger charge is -2.17. The molecule has 2 N–H and O–H groups in total. The van der Waals surface area contributed by atoms with Gasteiger partial charge in [-0.1, -0.05) is 6.92 Å². The summed E-state index contributed by atoms with van der Waals surface area (Å²) in [4.78, 5) is 23.2. The SMILES string of the molecule is CC(C)OC(=O)c1ccn2c1SCC2C(C)C(N)=O. The van der Waals surface area contributed by atoms with E-state index in [9.17, 15) is 9.59 Å². The van der Waals surface area contributed by atoms with Crippen LogP contribution in [0.5, 0.6) is 0 Å². The van der Waals surface area contributed by atoms with Gasteiger partial charge in [-0.15, -0.1) is 11.8 Å². The van der Waals surface area contributed by atoms with E-state index in [-0.39, 0.29) is 29.9 Å². The van der Waals surface area contributed by atoms with Gasteiger partial charge in [0, 0.05) is 11.9 Å². The fourth-order valence-electron chi connectivity index (χ4n) is 2.10. The number of primary amides is 1. The zero-order chi connectivity index (χ0) is 14.2. The number of carbonyl (C=O) groups is 2. The first-order chi connectivity index (χ1) is 8.91. The highest BCUT2D eigenvalue weighted by Crippen LogP contribution is 2.40. The van der Waals surface area contributed by atoms with Crippen LogP contribution in [0.15, 0.2) is 17.3 Å². The van der Waals surface area contributed by atoms with Crippen molar-refractivity contribution in [2.24, 2.45) is 11.7 Å². The summed E-state index contributed by atoms with van der Waals surface area (Å²) < 4.78 is 7.16. The van der Waals surface area contributed by atoms with Gasteiger partial charge in [-0.05, 0) is 19.9 Å². The van der Waals surface area contributed by atoms with E-state index in [1.165, 1.54) is 0 Å². The fraction of sp³-hybridized carbons (Fsp3) is 0.538. The molecule has 5 nitrogen and oxygen atoms in total. The monoisotopic (exact) mass is 282 g/mol. The maximum Gasteiger partial charge on any atom is 0.341 e. The summed E-state index contributed by atoms with van der Waals surface area (Å²) in [5.74, 6) is -0.139. The molecule has 104 valence electrons. The number of nitrogens with two attached hydrogens (primary N) is 1. The molecule has 2 heterocycles. The molecule has 6 heteroatoms. The van der Waals surface area contributed by atoms with Crippen LogP contribution in [0.1, 0.15) is 37.2 Å². The average Bonchev–Trinajstić information content (AvgIpc) is 2.86. The summed E-state index contributed by atoms with van der Waals surface area (Å²) in [6.07, 6.45) is 1.69. The minimum atomic E-state index is -0.321. The molecule has 1 aliphatic rings. The Bertz CT molecular complexity index is 510. The first-order valence-corrected chi connectivity index (χ1v) is 7.24. The van der Waals surface area contributed by atoms with Gasteiger partial charge in [0.1, 0.15) is 0 Å². The topological polar surface area (TPSA) is 74.3 Å². The zero-order valence-electron chi connectivity index (χ0n) is 11.3. The Balaban J connectivity index is 2.24. The zero-order valence-corrected chi connectivity index (χ0v) is 12.1. The number of amides is 1. The van der Waals surface area contributed by atoms with Gasteiger partial charge in [0.2, 0.25) is 5.91 Å². The molecule has 1 aromatic rings. The molecule has 2 atom stereocenters. The Kier molecular flexibility index (Phi) is 3.89. The van der Waals surface area contributed by atoms with E-state index in [1.54, 1.807) is 17.8 Å². The molecule has 2 rings (SSSR count).